The predicted molar refractivity (Wildman–Crippen MR) is 73.8 cm³/mol. The molecule has 0 aliphatic rings. The maximum absolute atomic E-state index is 6.26. The van der Waals surface area contributed by atoms with Crippen LogP contribution in [0, 0.1) is 0 Å². The maximum Gasteiger partial charge on any atom is 0.0301 e. The third kappa shape index (κ3) is 2.84. The van der Waals surface area contributed by atoms with Crippen LogP contribution in [0.15, 0.2) is 42.5 Å². The molecule has 0 radical (unpaired) electrons. The van der Waals surface area contributed by atoms with Crippen molar-refractivity contribution in [2.24, 2.45) is 11.5 Å². The summed E-state index contributed by atoms with van der Waals surface area (Å²) in [5.74, 6) is 0. The topological polar surface area (TPSA) is 52.0 Å². The SMILES string of the molecule is NCCCC[C@H](N)c1cccc2ccccc12. The van der Waals surface area contributed by atoms with Crippen molar-refractivity contribution in [1.82, 2.24) is 0 Å². The Labute approximate surface area is 103 Å². The molecule has 0 aliphatic carbocycles. The quantitative estimate of drug-likeness (QED) is 0.773. The maximum atomic E-state index is 6.26. The summed E-state index contributed by atoms with van der Waals surface area (Å²) in [7, 11) is 0. The van der Waals surface area contributed by atoms with E-state index in [1.54, 1.807) is 0 Å². The van der Waals surface area contributed by atoms with E-state index in [-0.39, 0.29) is 6.04 Å². The van der Waals surface area contributed by atoms with Crippen molar-refractivity contribution in [3.8, 4) is 0 Å². The molecule has 2 nitrogen and oxygen atoms in total. The highest BCUT2D eigenvalue weighted by molar-refractivity contribution is 5.86. The summed E-state index contributed by atoms with van der Waals surface area (Å²) in [6.07, 6.45) is 3.16. The van der Waals surface area contributed by atoms with Crippen LogP contribution in [0.1, 0.15) is 30.9 Å². The van der Waals surface area contributed by atoms with Crippen LogP contribution >= 0.6 is 0 Å². The Morgan fingerprint density at radius 3 is 2.53 bits per heavy atom. The first kappa shape index (κ1) is 12.1. The van der Waals surface area contributed by atoms with Crippen molar-refractivity contribution in [2.45, 2.75) is 25.3 Å². The molecule has 0 amide bonds. The number of nitrogens with two attached hydrogens (primary N) is 2. The number of hydrogen-bond donors (Lipinski definition) is 2. The van der Waals surface area contributed by atoms with Gasteiger partial charge in [0.2, 0.25) is 0 Å². The van der Waals surface area contributed by atoms with Gasteiger partial charge in [0, 0.05) is 6.04 Å². The minimum absolute atomic E-state index is 0.118. The Morgan fingerprint density at radius 1 is 0.941 bits per heavy atom. The third-order valence-corrected chi connectivity index (χ3v) is 3.19. The van der Waals surface area contributed by atoms with Gasteiger partial charge < -0.3 is 11.5 Å². The van der Waals surface area contributed by atoms with Gasteiger partial charge in [0.25, 0.3) is 0 Å². The third-order valence-electron chi connectivity index (χ3n) is 3.19. The monoisotopic (exact) mass is 228 g/mol. The largest absolute Gasteiger partial charge is 0.330 e. The van der Waals surface area contributed by atoms with E-state index in [9.17, 15) is 0 Å². The first-order valence-electron chi connectivity index (χ1n) is 6.26. The minimum atomic E-state index is 0.118. The highest BCUT2D eigenvalue weighted by atomic mass is 14.6. The van der Waals surface area contributed by atoms with E-state index in [1.165, 1.54) is 16.3 Å². The van der Waals surface area contributed by atoms with E-state index in [4.69, 9.17) is 11.5 Å². The van der Waals surface area contributed by atoms with Crippen molar-refractivity contribution in [1.29, 1.82) is 0 Å². The highest BCUT2D eigenvalue weighted by Gasteiger charge is 2.08. The van der Waals surface area contributed by atoms with Gasteiger partial charge in [0.15, 0.2) is 0 Å². The normalized spacial score (nSPS) is 12.8. The fourth-order valence-corrected chi connectivity index (χ4v) is 2.24. The van der Waals surface area contributed by atoms with Crippen LogP contribution in [0.25, 0.3) is 10.8 Å². The Hall–Kier alpha value is -1.38. The summed E-state index contributed by atoms with van der Waals surface area (Å²) in [6.45, 7) is 0.752. The zero-order valence-corrected chi connectivity index (χ0v) is 10.1. The van der Waals surface area contributed by atoms with Crippen molar-refractivity contribution < 1.29 is 0 Å². The zero-order valence-electron chi connectivity index (χ0n) is 10.1. The smallest absolute Gasteiger partial charge is 0.0301 e. The van der Waals surface area contributed by atoms with Crippen LogP contribution in [0.4, 0.5) is 0 Å². The molecular formula is C15H20N2. The number of unbranched alkanes of at least 4 members (excludes halogenated alkanes) is 1. The van der Waals surface area contributed by atoms with Gasteiger partial charge in [-0.3, -0.25) is 0 Å². The van der Waals surface area contributed by atoms with Gasteiger partial charge in [-0.2, -0.15) is 0 Å². The highest BCUT2D eigenvalue weighted by Crippen LogP contribution is 2.25. The van der Waals surface area contributed by atoms with Crippen LogP contribution < -0.4 is 11.5 Å². The average molecular weight is 228 g/mol. The second-order valence-corrected chi connectivity index (χ2v) is 4.46. The van der Waals surface area contributed by atoms with Gasteiger partial charge in [-0.1, -0.05) is 48.9 Å². The molecule has 17 heavy (non-hydrogen) atoms. The van der Waals surface area contributed by atoms with E-state index < -0.39 is 0 Å². The van der Waals surface area contributed by atoms with E-state index in [0.717, 1.165) is 25.8 Å². The minimum Gasteiger partial charge on any atom is -0.330 e. The number of hydrogen-bond acceptors (Lipinski definition) is 2. The molecule has 0 aromatic heterocycles. The Bertz CT molecular complexity index is 474. The van der Waals surface area contributed by atoms with Gasteiger partial charge in [0.05, 0.1) is 0 Å². The van der Waals surface area contributed by atoms with E-state index in [1.807, 2.05) is 0 Å². The molecule has 4 N–H and O–H groups in total. The lowest BCUT2D eigenvalue weighted by Gasteiger charge is -2.14. The lowest BCUT2D eigenvalue weighted by molar-refractivity contribution is 0.594. The first-order valence-corrected chi connectivity index (χ1v) is 6.26. The van der Waals surface area contributed by atoms with Crippen LogP contribution in [0.3, 0.4) is 0 Å². The molecule has 2 heteroatoms. The van der Waals surface area contributed by atoms with Crippen LogP contribution in [-0.2, 0) is 0 Å². The number of fused-ring (bicyclic) bond motifs is 1. The van der Waals surface area contributed by atoms with Gasteiger partial charge in [-0.05, 0) is 35.7 Å². The summed E-state index contributed by atoms with van der Waals surface area (Å²) in [4.78, 5) is 0. The van der Waals surface area contributed by atoms with E-state index in [2.05, 4.69) is 42.5 Å². The predicted octanol–water partition coefficient (Wildman–Crippen LogP) is 2.97. The van der Waals surface area contributed by atoms with Crippen LogP contribution in [-0.4, -0.2) is 6.54 Å². The summed E-state index contributed by atoms with van der Waals surface area (Å²) in [5, 5.41) is 2.54. The van der Waals surface area contributed by atoms with E-state index in [0.29, 0.717) is 0 Å². The zero-order chi connectivity index (χ0) is 12.1. The molecule has 2 aromatic rings. The molecule has 0 aliphatic heterocycles. The fourth-order valence-electron chi connectivity index (χ4n) is 2.24. The van der Waals surface area contributed by atoms with Crippen molar-refractivity contribution in [3.63, 3.8) is 0 Å². The fraction of sp³-hybridized carbons (Fsp3) is 0.333. The molecule has 0 heterocycles. The molecule has 1 atom stereocenters. The summed E-state index contributed by atoms with van der Waals surface area (Å²) >= 11 is 0. The van der Waals surface area contributed by atoms with Crippen molar-refractivity contribution in [2.75, 3.05) is 6.54 Å². The lowest BCUT2D eigenvalue weighted by atomic mass is 9.96. The van der Waals surface area contributed by atoms with Crippen molar-refractivity contribution in [3.05, 3.63) is 48.0 Å². The summed E-state index contributed by atoms with van der Waals surface area (Å²) < 4.78 is 0. The molecule has 2 aromatic carbocycles. The molecule has 0 fully saturated rings. The lowest BCUT2D eigenvalue weighted by Crippen LogP contribution is -2.11. The Balaban J connectivity index is 2.22. The summed E-state index contributed by atoms with van der Waals surface area (Å²) in [5.41, 5.74) is 13.0. The van der Waals surface area contributed by atoms with E-state index >= 15 is 0 Å². The standard InChI is InChI=1S/C15H20N2/c16-11-4-3-10-15(17)14-9-5-7-12-6-1-2-8-13(12)14/h1-2,5-9,15H,3-4,10-11,16-17H2/t15-/m0/s1. The van der Waals surface area contributed by atoms with Gasteiger partial charge in [-0.15, -0.1) is 0 Å². The van der Waals surface area contributed by atoms with Crippen LogP contribution in [0.5, 0.6) is 0 Å². The van der Waals surface area contributed by atoms with Gasteiger partial charge in [0.1, 0.15) is 0 Å². The number of benzene rings is 2. The summed E-state index contributed by atoms with van der Waals surface area (Å²) in [6, 6.07) is 14.9. The molecule has 0 saturated carbocycles. The molecule has 0 saturated heterocycles. The first-order chi connectivity index (χ1) is 8.33. The molecule has 0 unspecified atom stereocenters. The van der Waals surface area contributed by atoms with Gasteiger partial charge >= 0.3 is 0 Å². The second kappa shape index (κ2) is 5.80. The molecule has 90 valence electrons. The van der Waals surface area contributed by atoms with Gasteiger partial charge in [-0.25, -0.2) is 0 Å². The van der Waals surface area contributed by atoms with Crippen molar-refractivity contribution >= 4 is 10.8 Å². The molecule has 0 bridgehead atoms. The molecule has 2 rings (SSSR count). The van der Waals surface area contributed by atoms with Crippen LogP contribution in [0.2, 0.25) is 0 Å². The second-order valence-electron chi connectivity index (χ2n) is 4.46. The number of rotatable bonds is 5. The average Bonchev–Trinajstić information content (AvgIpc) is 2.38. The molecular weight excluding hydrogens is 208 g/mol. The molecule has 0 spiro atoms. The Kier molecular flexibility index (Phi) is 4.13. The Morgan fingerprint density at radius 2 is 1.71 bits per heavy atom.